The van der Waals surface area contributed by atoms with Gasteiger partial charge in [0.05, 0.1) is 0 Å². The van der Waals surface area contributed by atoms with Crippen molar-refractivity contribution in [1.29, 1.82) is 0 Å². The molecule has 0 aromatic rings. The van der Waals surface area contributed by atoms with Gasteiger partial charge in [-0.2, -0.15) is 0 Å². The normalized spacial score (nSPS) is 14.8. The van der Waals surface area contributed by atoms with Gasteiger partial charge in [-0.15, -0.1) is 0 Å². The summed E-state index contributed by atoms with van der Waals surface area (Å²) >= 11 is 0. The SMILES string of the molecule is CC(C)CC(NC(=O)NC(CC(C)CO)C(N)=O)C(=O)NO. The highest BCUT2D eigenvalue weighted by Gasteiger charge is 2.25. The maximum Gasteiger partial charge on any atom is 0.316 e. The largest absolute Gasteiger partial charge is 0.396 e. The van der Waals surface area contributed by atoms with E-state index in [0.29, 0.717) is 6.42 Å². The molecule has 0 aromatic carbocycles. The first-order chi connectivity index (χ1) is 10.2. The number of urea groups is 1. The molecular weight excluding hydrogens is 292 g/mol. The zero-order valence-corrected chi connectivity index (χ0v) is 13.1. The number of carbonyl (C=O) groups excluding carboxylic acids is 3. The van der Waals surface area contributed by atoms with Crippen LogP contribution < -0.4 is 21.8 Å². The van der Waals surface area contributed by atoms with Gasteiger partial charge >= 0.3 is 6.03 Å². The molecule has 0 aliphatic rings. The van der Waals surface area contributed by atoms with E-state index in [0.717, 1.165) is 0 Å². The molecule has 0 heterocycles. The maximum absolute atomic E-state index is 11.9. The number of nitrogens with two attached hydrogens (primary N) is 1. The lowest BCUT2D eigenvalue weighted by Crippen LogP contribution is -2.54. The lowest BCUT2D eigenvalue weighted by atomic mass is 10.0. The van der Waals surface area contributed by atoms with Gasteiger partial charge in [0.15, 0.2) is 0 Å². The average Bonchev–Trinajstić information content (AvgIpc) is 2.43. The fraction of sp³-hybridized carbons (Fsp3) is 0.769. The van der Waals surface area contributed by atoms with Gasteiger partial charge in [0.1, 0.15) is 12.1 Å². The highest BCUT2D eigenvalue weighted by atomic mass is 16.5. The molecule has 4 amide bonds. The number of amides is 4. The van der Waals surface area contributed by atoms with E-state index in [1.54, 1.807) is 6.92 Å². The number of nitrogens with one attached hydrogen (secondary N) is 3. The topological polar surface area (TPSA) is 154 Å². The molecule has 7 N–H and O–H groups in total. The van der Waals surface area contributed by atoms with Gasteiger partial charge in [-0.3, -0.25) is 14.8 Å². The summed E-state index contributed by atoms with van der Waals surface area (Å²) in [5, 5.41) is 22.4. The van der Waals surface area contributed by atoms with Crippen molar-refractivity contribution in [2.24, 2.45) is 17.6 Å². The number of primary amides is 1. The summed E-state index contributed by atoms with van der Waals surface area (Å²) in [6.45, 7) is 5.27. The minimum Gasteiger partial charge on any atom is -0.396 e. The molecule has 3 atom stereocenters. The second kappa shape index (κ2) is 9.96. The smallest absolute Gasteiger partial charge is 0.316 e. The lowest BCUT2D eigenvalue weighted by Gasteiger charge is -2.22. The van der Waals surface area contributed by atoms with E-state index in [1.807, 2.05) is 13.8 Å². The third-order valence-electron chi connectivity index (χ3n) is 3.04. The molecule has 0 saturated heterocycles. The van der Waals surface area contributed by atoms with Crippen LogP contribution in [-0.4, -0.2) is 46.8 Å². The van der Waals surface area contributed by atoms with Crippen LogP contribution in [0, 0.1) is 11.8 Å². The molecule has 9 nitrogen and oxygen atoms in total. The van der Waals surface area contributed by atoms with Gasteiger partial charge in [0.25, 0.3) is 5.91 Å². The molecule has 22 heavy (non-hydrogen) atoms. The second-order valence-electron chi connectivity index (χ2n) is 5.75. The summed E-state index contributed by atoms with van der Waals surface area (Å²) in [7, 11) is 0. The molecule has 0 bridgehead atoms. The van der Waals surface area contributed by atoms with Gasteiger partial charge in [-0.25, -0.2) is 10.3 Å². The highest BCUT2D eigenvalue weighted by molar-refractivity contribution is 5.89. The molecule has 0 spiro atoms. The Bertz CT molecular complexity index is 389. The van der Waals surface area contributed by atoms with E-state index in [2.05, 4.69) is 10.6 Å². The van der Waals surface area contributed by atoms with E-state index < -0.39 is 29.9 Å². The number of hydroxylamine groups is 1. The number of aliphatic hydroxyl groups is 1. The van der Waals surface area contributed by atoms with Crippen molar-refractivity contribution in [2.45, 2.75) is 45.7 Å². The molecular formula is C13H26N4O5. The van der Waals surface area contributed by atoms with Crippen LogP contribution >= 0.6 is 0 Å². The Hall–Kier alpha value is -1.87. The predicted octanol–water partition coefficient (Wildman–Crippen LogP) is -0.922. The summed E-state index contributed by atoms with van der Waals surface area (Å²) in [5.74, 6) is -1.60. The predicted molar refractivity (Wildman–Crippen MR) is 78.7 cm³/mol. The molecule has 0 aliphatic carbocycles. The van der Waals surface area contributed by atoms with E-state index >= 15 is 0 Å². The van der Waals surface area contributed by atoms with Crippen molar-refractivity contribution < 1.29 is 24.7 Å². The summed E-state index contributed by atoms with van der Waals surface area (Å²) in [4.78, 5) is 34.7. The molecule has 0 radical (unpaired) electrons. The van der Waals surface area contributed by atoms with E-state index in [1.165, 1.54) is 5.48 Å². The second-order valence-corrected chi connectivity index (χ2v) is 5.75. The highest BCUT2D eigenvalue weighted by Crippen LogP contribution is 2.07. The van der Waals surface area contributed by atoms with Gasteiger partial charge in [-0.05, 0) is 24.7 Å². The summed E-state index contributed by atoms with van der Waals surface area (Å²) < 4.78 is 0. The Kier molecular flexibility index (Phi) is 9.11. The first-order valence-electron chi connectivity index (χ1n) is 7.12. The van der Waals surface area contributed by atoms with E-state index in [4.69, 9.17) is 16.0 Å². The van der Waals surface area contributed by atoms with Crippen molar-refractivity contribution in [2.75, 3.05) is 6.61 Å². The molecule has 3 unspecified atom stereocenters. The van der Waals surface area contributed by atoms with Crippen LogP contribution in [0.15, 0.2) is 0 Å². The van der Waals surface area contributed by atoms with Gasteiger partial charge in [0.2, 0.25) is 5.91 Å². The maximum atomic E-state index is 11.9. The molecule has 0 aromatic heterocycles. The van der Waals surface area contributed by atoms with Crippen LogP contribution in [0.3, 0.4) is 0 Å². The standard InChI is InChI=1S/C13H26N4O5/c1-7(2)4-10(12(20)17-22)16-13(21)15-9(11(14)19)5-8(3)6-18/h7-10,18,22H,4-6H2,1-3H3,(H2,14,19)(H,17,20)(H2,15,16,21). The van der Waals surface area contributed by atoms with Crippen molar-refractivity contribution in [3.05, 3.63) is 0 Å². The first-order valence-corrected chi connectivity index (χ1v) is 7.12. The zero-order chi connectivity index (χ0) is 17.3. The average molecular weight is 318 g/mol. The third kappa shape index (κ3) is 7.79. The molecule has 0 saturated carbocycles. The Labute approximate surface area is 129 Å². The number of carbonyl (C=O) groups is 3. The van der Waals surface area contributed by atoms with Crippen LogP contribution in [-0.2, 0) is 9.59 Å². The number of hydrogen-bond acceptors (Lipinski definition) is 5. The summed E-state index contributed by atoms with van der Waals surface area (Å²) in [6.07, 6.45) is 0.494. The number of rotatable bonds is 9. The fourth-order valence-corrected chi connectivity index (χ4v) is 1.86. The monoisotopic (exact) mass is 318 g/mol. The van der Waals surface area contributed by atoms with Crippen LogP contribution in [0.25, 0.3) is 0 Å². The molecule has 128 valence electrons. The molecule has 0 aliphatic heterocycles. The van der Waals surface area contributed by atoms with Crippen molar-refractivity contribution in [3.8, 4) is 0 Å². The Morgan fingerprint density at radius 2 is 1.59 bits per heavy atom. The summed E-state index contributed by atoms with van der Waals surface area (Å²) in [6, 6.07) is -2.64. The third-order valence-corrected chi connectivity index (χ3v) is 3.04. The van der Waals surface area contributed by atoms with Gasteiger partial charge in [0, 0.05) is 6.61 Å². The van der Waals surface area contributed by atoms with Crippen LogP contribution in [0.1, 0.15) is 33.6 Å². The minimum absolute atomic E-state index is 0.101. The lowest BCUT2D eigenvalue weighted by molar-refractivity contribution is -0.131. The zero-order valence-electron chi connectivity index (χ0n) is 13.1. The first kappa shape index (κ1) is 20.1. The molecule has 9 heteroatoms. The Morgan fingerprint density at radius 1 is 1.05 bits per heavy atom. The molecule has 0 rings (SSSR count). The summed E-state index contributed by atoms with van der Waals surface area (Å²) in [5.41, 5.74) is 6.69. The van der Waals surface area contributed by atoms with E-state index in [9.17, 15) is 14.4 Å². The minimum atomic E-state index is -0.959. The van der Waals surface area contributed by atoms with Crippen molar-refractivity contribution in [3.63, 3.8) is 0 Å². The van der Waals surface area contributed by atoms with Crippen molar-refractivity contribution in [1.82, 2.24) is 16.1 Å². The Morgan fingerprint density at radius 3 is 2.00 bits per heavy atom. The van der Waals surface area contributed by atoms with E-state index in [-0.39, 0.29) is 24.9 Å². The van der Waals surface area contributed by atoms with Crippen LogP contribution in [0.4, 0.5) is 4.79 Å². The van der Waals surface area contributed by atoms with Crippen LogP contribution in [0.5, 0.6) is 0 Å². The van der Waals surface area contributed by atoms with Gasteiger partial charge in [-0.1, -0.05) is 20.8 Å². The van der Waals surface area contributed by atoms with Crippen LogP contribution in [0.2, 0.25) is 0 Å². The quantitative estimate of drug-likeness (QED) is 0.240. The fourth-order valence-electron chi connectivity index (χ4n) is 1.86. The number of aliphatic hydroxyl groups excluding tert-OH is 1. The Balaban J connectivity index is 4.70. The molecule has 0 fully saturated rings. The van der Waals surface area contributed by atoms with Gasteiger partial charge < -0.3 is 21.5 Å². The number of hydrogen-bond donors (Lipinski definition) is 6. The van der Waals surface area contributed by atoms with Crippen molar-refractivity contribution >= 4 is 17.8 Å².